The summed E-state index contributed by atoms with van der Waals surface area (Å²) in [6, 6.07) is 16.7. The van der Waals surface area contributed by atoms with E-state index in [-0.39, 0.29) is 24.2 Å². The van der Waals surface area contributed by atoms with E-state index in [0.29, 0.717) is 19.1 Å². The monoisotopic (exact) mass is 349 g/mol. The molecule has 0 radical (unpaired) electrons. The van der Waals surface area contributed by atoms with Crippen LogP contribution in [0.2, 0.25) is 0 Å². The quantitative estimate of drug-likeness (QED) is 0.917. The van der Waals surface area contributed by atoms with Crippen molar-refractivity contribution in [2.24, 2.45) is 5.92 Å². The number of amides is 1. The van der Waals surface area contributed by atoms with Gasteiger partial charge in [0, 0.05) is 12.5 Å². The predicted molar refractivity (Wildman–Crippen MR) is 98.9 cm³/mol. The highest BCUT2D eigenvalue weighted by Crippen LogP contribution is 2.50. The molecule has 0 spiro atoms. The third-order valence-corrected chi connectivity index (χ3v) is 6.75. The minimum atomic E-state index is -0.359. The van der Waals surface area contributed by atoms with Crippen molar-refractivity contribution >= 4 is 6.09 Å². The lowest BCUT2D eigenvalue weighted by molar-refractivity contribution is -0.0277. The van der Waals surface area contributed by atoms with Crippen molar-refractivity contribution in [3.63, 3.8) is 0 Å². The van der Waals surface area contributed by atoms with Crippen LogP contribution in [-0.4, -0.2) is 41.4 Å². The standard InChI is InChI=1S/C22H23NO3/c24-14-22-11-9-15(22)10-12-23(22)21(25)26-13-20-18-7-3-1-5-16(18)17-6-2-4-8-19(17)20/h1-8,15,20,24H,9-14H2. The van der Waals surface area contributed by atoms with Crippen molar-refractivity contribution in [1.29, 1.82) is 0 Å². The lowest BCUT2D eigenvalue weighted by Gasteiger charge is -2.48. The number of likely N-dealkylation sites (tertiary alicyclic amines) is 1. The Morgan fingerprint density at radius 3 is 2.31 bits per heavy atom. The third kappa shape index (κ3) is 2.08. The van der Waals surface area contributed by atoms with E-state index in [2.05, 4.69) is 36.4 Å². The van der Waals surface area contributed by atoms with E-state index in [1.54, 1.807) is 4.90 Å². The van der Waals surface area contributed by atoms with Crippen LogP contribution >= 0.6 is 0 Å². The SMILES string of the molecule is O=C(OCC1c2ccccc2-c2ccccc21)N1CCC2CCC21CO. The summed E-state index contributed by atoms with van der Waals surface area (Å²) in [7, 11) is 0. The highest BCUT2D eigenvalue weighted by molar-refractivity contribution is 5.79. The zero-order valence-electron chi connectivity index (χ0n) is 14.7. The molecule has 2 fully saturated rings. The smallest absolute Gasteiger partial charge is 0.410 e. The number of aliphatic hydroxyl groups is 1. The number of carbonyl (C=O) groups is 1. The van der Waals surface area contributed by atoms with Crippen LogP contribution in [0.5, 0.6) is 0 Å². The minimum Gasteiger partial charge on any atom is -0.448 e. The Morgan fingerprint density at radius 2 is 1.73 bits per heavy atom. The first-order valence-corrected chi connectivity index (χ1v) is 9.48. The van der Waals surface area contributed by atoms with Crippen molar-refractivity contribution in [2.45, 2.75) is 30.7 Å². The van der Waals surface area contributed by atoms with Gasteiger partial charge in [-0.2, -0.15) is 0 Å². The van der Waals surface area contributed by atoms with Crippen molar-refractivity contribution in [3.8, 4) is 11.1 Å². The lowest BCUT2D eigenvalue weighted by Crippen LogP contribution is -2.59. The van der Waals surface area contributed by atoms with Crippen LogP contribution in [0.3, 0.4) is 0 Å². The van der Waals surface area contributed by atoms with Crippen LogP contribution in [0.25, 0.3) is 11.1 Å². The molecule has 4 heteroatoms. The maximum absolute atomic E-state index is 12.8. The molecular weight excluding hydrogens is 326 g/mol. The first kappa shape index (κ1) is 15.9. The molecule has 1 amide bonds. The first-order chi connectivity index (χ1) is 12.7. The Hall–Kier alpha value is -2.33. The summed E-state index contributed by atoms with van der Waals surface area (Å²) < 4.78 is 5.78. The Kier molecular flexibility index (Phi) is 3.57. The number of hydrogen-bond donors (Lipinski definition) is 1. The van der Waals surface area contributed by atoms with E-state index < -0.39 is 0 Å². The molecule has 1 aliphatic heterocycles. The third-order valence-electron chi connectivity index (χ3n) is 6.75. The molecule has 0 aromatic heterocycles. The topological polar surface area (TPSA) is 49.8 Å². The van der Waals surface area contributed by atoms with Crippen molar-refractivity contribution < 1.29 is 14.6 Å². The Balaban J connectivity index is 1.37. The van der Waals surface area contributed by atoms with Gasteiger partial charge in [-0.05, 0) is 47.4 Å². The molecule has 2 unspecified atom stereocenters. The summed E-state index contributed by atoms with van der Waals surface area (Å²) >= 11 is 0. The number of carbonyl (C=O) groups excluding carboxylic acids is 1. The molecule has 1 saturated carbocycles. The van der Waals surface area contributed by atoms with Gasteiger partial charge in [-0.25, -0.2) is 4.79 Å². The molecule has 134 valence electrons. The number of benzene rings is 2. The zero-order valence-corrected chi connectivity index (χ0v) is 14.7. The van der Waals surface area contributed by atoms with E-state index in [0.717, 1.165) is 19.3 Å². The number of aliphatic hydroxyl groups excluding tert-OH is 1. The molecule has 2 aromatic carbocycles. The van der Waals surface area contributed by atoms with Crippen molar-refractivity contribution in [3.05, 3.63) is 59.7 Å². The summed E-state index contributed by atoms with van der Waals surface area (Å²) in [4.78, 5) is 14.6. The van der Waals surface area contributed by atoms with Gasteiger partial charge < -0.3 is 9.84 Å². The number of rotatable bonds is 3. The van der Waals surface area contributed by atoms with E-state index >= 15 is 0 Å². The maximum Gasteiger partial charge on any atom is 0.410 e. The van der Waals surface area contributed by atoms with Gasteiger partial charge in [0.25, 0.3) is 0 Å². The highest BCUT2D eigenvalue weighted by atomic mass is 16.6. The van der Waals surface area contributed by atoms with E-state index in [4.69, 9.17) is 4.74 Å². The average molecular weight is 349 g/mol. The first-order valence-electron chi connectivity index (χ1n) is 9.48. The Labute approximate surface area is 153 Å². The molecule has 2 aliphatic carbocycles. The highest BCUT2D eigenvalue weighted by Gasteiger charge is 2.56. The van der Waals surface area contributed by atoms with E-state index in [1.165, 1.54) is 22.3 Å². The molecule has 2 atom stereocenters. The zero-order chi connectivity index (χ0) is 17.7. The second-order valence-electron chi connectivity index (χ2n) is 7.74. The normalized spacial score (nSPS) is 26.0. The summed E-state index contributed by atoms with van der Waals surface area (Å²) in [5.41, 5.74) is 4.55. The van der Waals surface area contributed by atoms with Gasteiger partial charge in [-0.15, -0.1) is 0 Å². The minimum absolute atomic E-state index is 0.0435. The van der Waals surface area contributed by atoms with Gasteiger partial charge in [0.05, 0.1) is 12.1 Å². The molecule has 1 heterocycles. The molecule has 3 aliphatic rings. The second kappa shape index (κ2) is 5.85. The predicted octanol–water partition coefficient (Wildman–Crippen LogP) is 3.78. The molecule has 26 heavy (non-hydrogen) atoms. The van der Waals surface area contributed by atoms with Crippen LogP contribution in [-0.2, 0) is 4.74 Å². The number of fused-ring (bicyclic) bond motifs is 4. The average Bonchev–Trinajstić information content (AvgIpc) is 3.12. The molecule has 5 rings (SSSR count). The van der Waals surface area contributed by atoms with E-state index in [1.807, 2.05) is 12.1 Å². The van der Waals surface area contributed by atoms with Gasteiger partial charge in [0.15, 0.2) is 0 Å². The second-order valence-corrected chi connectivity index (χ2v) is 7.74. The van der Waals surface area contributed by atoms with Crippen LogP contribution in [0.15, 0.2) is 48.5 Å². The van der Waals surface area contributed by atoms with Crippen LogP contribution < -0.4 is 0 Å². The molecule has 0 bridgehead atoms. The van der Waals surface area contributed by atoms with Crippen LogP contribution in [0, 0.1) is 5.92 Å². The number of nitrogens with zero attached hydrogens (tertiary/aromatic N) is 1. The van der Waals surface area contributed by atoms with E-state index in [9.17, 15) is 9.90 Å². The molecule has 2 aromatic rings. The molecule has 1 saturated heterocycles. The summed E-state index contributed by atoms with van der Waals surface area (Å²) in [5.74, 6) is 0.518. The number of hydrogen-bond acceptors (Lipinski definition) is 3. The van der Waals surface area contributed by atoms with Crippen molar-refractivity contribution in [2.75, 3.05) is 19.8 Å². The van der Waals surface area contributed by atoms with Crippen LogP contribution in [0.4, 0.5) is 4.79 Å². The summed E-state index contributed by atoms with van der Waals surface area (Å²) in [5, 5.41) is 9.86. The van der Waals surface area contributed by atoms with Crippen molar-refractivity contribution in [1.82, 2.24) is 4.90 Å². The van der Waals surface area contributed by atoms with Gasteiger partial charge in [0.1, 0.15) is 6.61 Å². The summed E-state index contributed by atoms with van der Waals surface area (Å²) in [6.45, 7) is 1.08. The Morgan fingerprint density at radius 1 is 1.08 bits per heavy atom. The fourth-order valence-corrected chi connectivity index (χ4v) is 5.20. The molecule has 4 nitrogen and oxygen atoms in total. The number of ether oxygens (including phenoxy) is 1. The largest absolute Gasteiger partial charge is 0.448 e. The fourth-order valence-electron chi connectivity index (χ4n) is 5.20. The van der Waals surface area contributed by atoms with Gasteiger partial charge in [-0.1, -0.05) is 48.5 Å². The molecular formula is C22H23NO3. The molecule has 1 N–H and O–H groups in total. The van der Waals surface area contributed by atoms with Gasteiger partial charge >= 0.3 is 6.09 Å². The Bertz CT molecular complexity index is 814. The maximum atomic E-state index is 12.8. The van der Waals surface area contributed by atoms with Gasteiger partial charge in [-0.3, -0.25) is 4.90 Å². The summed E-state index contributed by atoms with van der Waals surface area (Å²) in [6.07, 6.45) is 2.69. The van der Waals surface area contributed by atoms with Crippen LogP contribution in [0.1, 0.15) is 36.3 Å². The fraction of sp³-hybridized carbons (Fsp3) is 0.409. The lowest BCUT2D eigenvalue weighted by atomic mass is 9.68. The van der Waals surface area contributed by atoms with Gasteiger partial charge in [0.2, 0.25) is 0 Å².